The molecule has 1 fully saturated rings. The summed E-state index contributed by atoms with van der Waals surface area (Å²) < 4.78 is 0. The van der Waals surface area contributed by atoms with E-state index in [1.54, 1.807) is 41.6 Å². The molecule has 1 aromatic heterocycles. The van der Waals surface area contributed by atoms with Gasteiger partial charge in [0.15, 0.2) is 0 Å². The normalized spacial score (nSPS) is 18.0. The fraction of sp³-hybridized carbons (Fsp3) is 0.240. The van der Waals surface area contributed by atoms with E-state index in [0.717, 1.165) is 22.5 Å². The van der Waals surface area contributed by atoms with Gasteiger partial charge in [-0.05, 0) is 31.4 Å². The van der Waals surface area contributed by atoms with Crippen LogP contribution in [0.1, 0.15) is 40.5 Å². The molecule has 4 rings (SSSR count). The number of benzene rings is 2. The minimum absolute atomic E-state index is 0.140. The minimum Gasteiger partial charge on any atom is -0.507 e. The number of rotatable bonds is 6. The van der Waals surface area contributed by atoms with Crippen LogP contribution in [0.25, 0.3) is 5.76 Å². The molecule has 158 valence electrons. The Labute approximate surface area is 181 Å². The van der Waals surface area contributed by atoms with E-state index in [0.29, 0.717) is 24.9 Å². The summed E-state index contributed by atoms with van der Waals surface area (Å²) in [5.74, 6) is -0.535. The Morgan fingerprint density at radius 2 is 1.90 bits per heavy atom. The number of aryl methyl sites for hydroxylation is 3. The van der Waals surface area contributed by atoms with E-state index in [1.165, 1.54) is 0 Å². The fourth-order valence-electron chi connectivity index (χ4n) is 4.17. The van der Waals surface area contributed by atoms with Crippen molar-refractivity contribution in [1.82, 2.24) is 14.9 Å². The Bertz CT molecular complexity index is 1130. The molecular weight excluding hydrogens is 390 g/mol. The lowest BCUT2D eigenvalue weighted by Crippen LogP contribution is -2.31. The molecule has 0 bridgehead atoms. The second kappa shape index (κ2) is 8.60. The number of aromatic nitrogens is 2. The first-order valence-corrected chi connectivity index (χ1v) is 10.4. The number of carbonyl (C=O) groups excluding carboxylic acids is 2. The van der Waals surface area contributed by atoms with Gasteiger partial charge in [0.2, 0.25) is 0 Å². The molecule has 31 heavy (non-hydrogen) atoms. The van der Waals surface area contributed by atoms with Gasteiger partial charge in [-0.3, -0.25) is 9.59 Å². The maximum Gasteiger partial charge on any atom is 0.295 e. The molecule has 6 nitrogen and oxygen atoms in total. The predicted octanol–water partition coefficient (Wildman–Crippen LogP) is 4.08. The first-order valence-electron chi connectivity index (χ1n) is 10.4. The van der Waals surface area contributed by atoms with Crippen LogP contribution >= 0.6 is 0 Å². The highest BCUT2D eigenvalue weighted by Crippen LogP contribution is 2.40. The lowest BCUT2D eigenvalue weighted by molar-refractivity contribution is -0.139. The molecule has 2 heterocycles. The Morgan fingerprint density at radius 3 is 2.58 bits per heavy atom. The van der Waals surface area contributed by atoms with Gasteiger partial charge in [0.1, 0.15) is 11.6 Å². The molecule has 3 aromatic rings. The van der Waals surface area contributed by atoms with Crippen LogP contribution in [0, 0.1) is 13.8 Å². The zero-order valence-corrected chi connectivity index (χ0v) is 17.6. The van der Waals surface area contributed by atoms with Gasteiger partial charge in [-0.15, -0.1) is 0 Å². The summed E-state index contributed by atoms with van der Waals surface area (Å²) in [7, 11) is 0. The molecule has 1 amide bonds. The highest BCUT2D eigenvalue weighted by Gasteiger charge is 2.46. The maximum atomic E-state index is 13.1. The lowest BCUT2D eigenvalue weighted by atomic mass is 9.91. The number of aliphatic hydroxyl groups excluding tert-OH is 1. The van der Waals surface area contributed by atoms with Gasteiger partial charge < -0.3 is 15.0 Å². The summed E-state index contributed by atoms with van der Waals surface area (Å²) in [4.78, 5) is 34.9. The number of amides is 1. The van der Waals surface area contributed by atoms with Crippen molar-refractivity contribution in [2.75, 3.05) is 6.54 Å². The molecule has 0 spiro atoms. The van der Waals surface area contributed by atoms with E-state index >= 15 is 0 Å². The summed E-state index contributed by atoms with van der Waals surface area (Å²) in [6.07, 6.45) is 4.76. The highest BCUT2D eigenvalue weighted by atomic mass is 16.3. The minimum atomic E-state index is -0.649. The number of nitrogens with one attached hydrogen (secondary N) is 1. The van der Waals surface area contributed by atoms with Crippen LogP contribution in [0.3, 0.4) is 0 Å². The van der Waals surface area contributed by atoms with E-state index in [9.17, 15) is 14.7 Å². The van der Waals surface area contributed by atoms with E-state index in [2.05, 4.69) is 9.97 Å². The molecule has 2 N–H and O–H groups in total. The molecule has 0 radical (unpaired) electrons. The number of hydrogen-bond donors (Lipinski definition) is 2. The molecule has 1 aliphatic rings. The van der Waals surface area contributed by atoms with E-state index < -0.39 is 17.7 Å². The largest absolute Gasteiger partial charge is 0.507 e. The van der Waals surface area contributed by atoms with Gasteiger partial charge in [-0.25, -0.2) is 4.98 Å². The summed E-state index contributed by atoms with van der Waals surface area (Å²) >= 11 is 0. The number of nitrogens with zero attached hydrogens (tertiary/aromatic N) is 2. The number of aromatic amines is 1. The molecule has 1 unspecified atom stereocenters. The van der Waals surface area contributed by atoms with Gasteiger partial charge in [0.05, 0.1) is 11.6 Å². The highest BCUT2D eigenvalue weighted by molar-refractivity contribution is 6.46. The summed E-state index contributed by atoms with van der Waals surface area (Å²) in [6.45, 7) is 4.35. The SMILES string of the molecule is Cc1ccc(C2/C(=C(\O)c3ccccc3)C(=O)C(=O)N2CCCc2ncc[nH]2)c(C)c1. The Hall–Kier alpha value is -3.67. The number of carbonyl (C=O) groups is 2. The zero-order chi connectivity index (χ0) is 22.0. The maximum absolute atomic E-state index is 13.1. The Morgan fingerprint density at radius 1 is 1.13 bits per heavy atom. The average molecular weight is 415 g/mol. The van der Waals surface area contributed by atoms with Crippen molar-refractivity contribution < 1.29 is 14.7 Å². The third kappa shape index (κ3) is 4.01. The predicted molar refractivity (Wildman–Crippen MR) is 118 cm³/mol. The number of imidazole rings is 1. The van der Waals surface area contributed by atoms with Gasteiger partial charge >= 0.3 is 0 Å². The number of H-pyrrole nitrogens is 1. The standard InChI is InChI=1S/C25H25N3O3/c1-16-10-11-19(17(2)15-16)22-21(23(29)18-7-4-3-5-8-18)24(30)25(31)28(22)14-6-9-20-26-12-13-27-20/h3-5,7-8,10-13,15,22,29H,6,9,14H2,1-2H3,(H,26,27)/b23-21+. The number of likely N-dealkylation sites (tertiary alicyclic amines) is 1. The molecule has 1 atom stereocenters. The van der Waals surface area contributed by atoms with Gasteiger partial charge in [-0.2, -0.15) is 0 Å². The van der Waals surface area contributed by atoms with Gasteiger partial charge in [-0.1, -0.05) is 54.1 Å². The summed E-state index contributed by atoms with van der Waals surface area (Å²) in [5.41, 5.74) is 3.58. The molecule has 0 saturated carbocycles. The Balaban J connectivity index is 1.76. The van der Waals surface area contributed by atoms with E-state index in [1.807, 2.05) is 38.1 Å². The second-order valence-corrected chi connectivity index (χ2v) is 7.86. The summed E-state index contributed by atoms with van der Waals surface area (Å²) in [5, 5.41) is 11.0. The molecule has 6 heteroatoms. The monoisotopic (exact) mass is 415 g/mol. The van der Waals surface area contributed by atoms with Crippen LogP contribution in [0.5, 0.6) is 0 Å². The first-order chi connectivity index (χ1) is 15.0. The molecule has 2 aromatic carbocycles. The number of aliphatic hydroxyl groups is 1. The van der Waals surface area contributed by atoms with Crippen molar-refractivity contribution in [1.29, 1.82) is 0 Å². The molecule has 1 saturated heterocycles. The van der Waals surface area contributed by atoms with Crippen molar-refractivity contribution in [2.24, 2.45) is 0 Å². The number of Topliss-reactive ketones (excluding diaryl/α,β-unsaturated/α-hetero) is 1. The van der Waals surface area contributed by atoms with E-state index in [4.69, 9.17) is 0 Å². The molecule has 1 aliphatic heterocycles. The zero-order valence-electron chi connectivity index (χ0n) is 17.6. The second-order valence-electron chi connectivity index (χ2n) is 7.86. The van der Waals surface area contributed by atoms with Crippen molar-refractivity contribution in [3.8, 4) is 0 Å². The van der Waals surface area contributed by atoms with Crippen molar-refractivity contribution in [2.45, 2.75) is 32.7 Å². The fourth-order valence-corrected chi connectivity index (χ4v) is 4.17. The van der Waals surface area contributed by atoms with Crippen molar-refractivity contribution in [3.63, 3.8) is 0 Å². The summed E-state index contributed by atoms with van der Waals surface area (Å²) in [6, 6.07) is 14.2. The lowest BCUT2D eigenvalue weighted by Gasteiger charge is -2.26. The molecular formula is C25H25N3O3. The van der Waals surface area contributed by atoms with E-state index in [-0.39, 0.29) is 11.3 Å². The van der Waals surface area contributed by atoms with Crippen LogP contribution in [0.2, 0.25) is 0 Å². The van der Waals surface area contributed by atoms with Crippen molar-refractivity contribution >= 4 is 17.4 Å². The number of hydrogen-bond acceptors (Lipinski definition) is 4. The van der Waals surface area contributed by atoms with Crippen molar-refractivity contribution in [3.05, 3.63) is 94.6 Å². The van der Waals surface area contributed by atoms with Crippen LogP contribution in [0.15, 0.2) is 66.5 Å². The molecule has 0 aliphatic carbocycles. The van der Waals surface area contributed by atoms with Crippen LogP contribution in [0.4, 0.5) is 0 Å². The van der Waals surface area contributed by atoms with Crippen LogP contribution in [-0.4, -0.2) is 38.2 Å². The Kier molecular flexibility index (Phi) is 5.71. The smallest absolute Gasteiger partial charge is 0.295 e. The van der Waals surface area contributed by atoms with Gasteiger partial charge in [0, 0.05) is 30.9 Å². The van der Waals surface area contributed by atoms with Crippen LogP contribution in [-0.2, 0) is 16.0 Å². The first kappa shape index (κ1) is 20.6. The number of ketones is 1. The van der Waals surface area contributed by atoms with Gasteiger partial charge in [0.25, 0.3) is 11.7 Å². The van der Waals surface area contributed by atoms with Crippen LogP contribution < -0.4 is 0 Å². The topological polar surface area (TPSA) is 86.3 Å². The third-order valence-electron chi connectivity index (χ3n) is 5.67. The quantitative estimate of drug-likeness (QED) is 0.361. The average Bonchev–Trinajstić information content (AvgIpc) is 3.36. The third-order valence-corrected chi connectivity index (χ3v) is 5.67.